The van der Waals surface area contributed by atoms with Gasteiger partial charge in [0.2, 0.25) is 0 Å². The number of benzene rings is 3. The standard InChI is InChI=1S/C26H27N3O4S/c1-19(2)21-14-16-22(17-15-21)20(3)18-34(32,33)29(25(30)27-23-10-6-4-7-11-23)26(31)28-24-12-8-5-9-13-24/h4-19H,1-3H3,(H,27,30)(H,28,31)/b20-18+. The lowest BCUT2D eigenvalue weighted by molar-refractivity contribution is 0.223. The molecule has 0 radical (unpaired) electrons. The molecular weight excluding hydrogens is 450 g/mol. The zero-order valence-corrected chi connectivity index (χ0v) is 20.0. The van der Waals surface area contributed by atoms with E-state index in [1.54, 1.807) is 67.6 Å². The van der Waals surface area contributed by atoms with Gasteiger partial charge in [0.15, 0.2) is 0 Å². The average Bonchev–Trinajstić information content (AvgIpc) is 2.80. The molecule has 34 heavy (non-hydrogen) atoms. The highest BCUT2D eigenvalue weighted by Crippen LogP contribution is 2.22. The number of imide groups is 1. The lowest BCUT2D eigenvalue weighted by Crippen LogP contribution is -2.45. The summed E-state index contributed by atoms with van der Waals surface area (Å²) < 4.78 is 26.8. The van der Waals surface area contributed by atoms with E-state index in [2.05, 4.69) is 24.5 Å². The molecule has 3 aromatic carbocycles. The van der Waals surface area contributed by atoms with Crippen molar-refractivity contribution in [3.8, 4) is 0 Å². The normalized spacial score (nSPS) is 11.7. The predicted octanol–water partition coefficient (Wildman–Crippen LogP) is 6.27. The summed E-state index contributed by atoms with van der Waals surface area (Å²) in [5.74, 6) is 0.334. The van der Waals surface area contributed by atoms with Gasteiger partial charge in [-0.05, 0) is 53.8 Å². The largest absolute Gasteiger partial charge is 0.344 e. The zero-order chi connectivity index (χ0) is 24.7. The molecule has 0 spiro atoms. The van der Waals surface area contributed by atoms with Gasteiger partial charge in [-0.2, -0.15) is 0 Å². The van der Waals surface area contributed by atoms with E-state index < -0.39 is 22.1 Å². The Kier molecular flexibility index (Phi) is 7.86. The summed E-state index contributed by atoms with van der Waals surface area (Å²) in [5.41, 5.74) is 2.88. The second-order valence-electron chi connectivity index (χ2n) is 7.98. The number of sulfonamides is 1. The van der Waals surface area contributed by atoms with E-state index >= 15 is 0 Å². The van der Waals surface area contributed by atoms with Crippen LogP contribution in [0, 0.1) is 0 Å². The van der Waals surface area contributed by atoms with Crippen LogP contribution in [0.5, 0.6) is 0 Å². The third-order valence-corrected chi connectivity index (χ3v) is 6.52. The van der Waals surface area contributed by atoms with E-state index in [-0.39, 0.29) is 4.31 Å². The van der Waals surface area contributed by atoms with Gasteiger partial charge < -0.3 is 10.6 Å². The van der Waals surface area contributed by atoms with Gasteiger partial charge in [-0.25, -0.2) is 18.0 Å². The van der Waals surface area contributed by atoms with E-state index in [0.29, 0.717) is 28.4 Å². The SMILES string of the molecule is C/C(=C\S(=O)(=O)N(C(=O)Nc1ccccc1)C(=O)Nc1ccccc1)c1ccc(C(C)C)cc1. The predicted molar refractivity (Wildman–Crippen MR) is 136 cm³/mol. The van der Waals surface area contributed by atoms with Gasteiger partial charge in [0.1, 0.15) is 0 Å². The molecule has 8 heteroatoms. The molecule has 176 valence electrons. The summed E-state index contributed by atoms with van der Waals surface area (Å²) >= 11 is 0. The number of allylic oxidation sites excluding steroid dienone is 1. The Hall–Kier alpha value is -3.91. The van der Waals surface area contributed by atoms with Gasteiger partial charge in [0.05, 0.1) is 5.41 Å². The fourth-order valence-corrected chi connectivity index (χ4v) is 4.43. The highest BCUT2D eigenvalue weighted by molar-refractivity contribution is 7.93. The molecule has 0 saturated carbocycles. The Balaban J connectivity index is 1.94. The maximum absolute atomic E-state index is 13.3. The van der Waals surface area contributed by atoms with Crippen molar-refractivity contribution in [3.63, 3.8) is 0 Å². The summed E-state index contributed by atoms with van der Waals surface area (Å²) in [7, 11) is -4.49. The van der Waals surface area contributed by atoms with E-state index in [4.69, 9.17) is 0 Å². The fourth-order valence-electron chi connectivity index (χ4n) is 3.19. The number of carbonyl (C=O) groups is 2. The third-order valence-electron chi connectivity index (χ3n) is 5.03. The summed E-state index contributed by atoms with van der Waals surface area (Å²) in [5, 5.41) is 5.85. The summed E-state index contributed by atoms with van der Waals surface area (Å²) in [6, 6.07) is 21.9. The quantitative estimate of drug-likeness (QED) is 0.438. The zero-order valence-electron chi connectivity index (χ0n) is 19.2. The Morgan fingerprint density at radius 2 is 1.21 bits per heavy atom. The minimum absolute atomic E-state index is 0.193. The van der Waals surface area contributed by atoms with Crippen molar-refractivity contribution in [1.82, 2.24) is 4.31 Å². The number of nitrogens with one attached hydrogen (secondary N) is 2. The van der Waals surface area contributed by atoms with Crippen LogP contribution in [-0.4, -0.2) is 24.8 Å². The number of anilines is 2. The van der Waals surface area contributed by atoms with Crippen molar-refractivity contribution in [2.45, 2.75) is 26.7 Å². The van der Waals surface area contributed by atoms with Gasteiger partial charge in [-0.15, -0.1) is 4.31 Å². The van der Waals surface area contributed by atoms with E-state index in [9.17, 15) is 18.0 Å². The van der Waals surface area contributed by atoms with Crippen LogP contribution < -0.4 is 10.6 Å². The molecule has 0 bridgehead atoms. The van der Waals surface area contributed by atoms with Gasteiger partial charge in [-0.1, -0.05) is 74.5 Å². The molecular formula is C26H27N3O4S. The van der Waals surface area contributed by atoms with Crippen LogP contribution in [-0.2, 0) is 10.0 Å². The first-order valence-corrected chi connectivity index (χ1v) is 12.2. The van der Waals surface area contributed by atoms with Crippen LogP contribution in [0.4, 0.5) is 21.0 Å². The number of amides is 4. The Morgan fingerprint density at radius 1 is 0.765 bits per heavy atom. The maximum atomic E-state index is 13.3. The van der Waals surface area contributed by atoms with Crippen LogP contribution in [0.25, 0.3) is 5.57 Å². The van der Waals surface area contributed by atoms with Crippen molar-refractivity contribution >= 4 is 39.0 Å². The molecule has 0 saturated heterocycles. The minimum Gasteiger partial charge on any atom is -0.307 e. The monoisotopic (exact) mass is 477 g/mol. The number of carbonyl (C=O) groups excluding carboxylic acids is 2. The summed E-state index contributed by atoms with van der Waals surface area (Å²) in [6.45, 7) is 5.75. The maximum Gasteiger partial charge on any atom is 0.344 e. The lowest BCUT2D eigenvalue weighted by Gasteiger charge is -2.20. The van der Waals surface area contributed by atoms with Crippen molar-refractivity contribution in [2.75, 3.05) is 10.6 Å². The average molecular weight is 478 g/mol. The van der Waals surface area contributed by atoms with Crippen molar-refractivity contribution in [2.24, 2.45) is 0 Å². The molecule has 0 fully saturated rings. The molecule has 0 aliphatic carbocycles. The number of hydrogen-bond donors (Lipinski definition) is 2. The van der Waals surface area contributed by atoms with Gasteiger partial charge >= 0.3 is 12.1 Å². The van der Waals surface area contributed by atoms with Crippen LogP contribution in [0.15, 0.2) is 90.3 Å². The second kappa shape index (κ2) is 10.8. The lowest BCUT2D eigenvalue weighted by atomic mass is 10.00. The smallest absolute Gasteiger partial charge is 0.307 e. The Morgan fingerprint density at radius 3 is 1.62 bits per heavy atom. The first kappa shape index (κ1) is 24.7. The minimum atomic E-state index is -4.49. The molecule has 4 amide bonds. The molecule has 7 nitrogen and oxygen atoms in total. The Bertz CT molecular complexity index is 1220. The van der Waals surface area contributed by atoms with Crippen LogP contribution in [0.3, 0.4) is 0 Å². The molecule has 0 aliphatic rings. The number of hydrogen-bond acceptors (Lipinski definition) is 4. The summed E-state index contributed by atoms with van der Waals surface area (Å²) in [4.78, 5) is 25.9. The molecule has 0 aromatic heterocycles. The van der Waals surface area contributed by atoms with Gasteiger partial charge in [-0.3, -0.25) is 0 Å². The molecule has 0 unspecified atom stereocenters. The van der Waals surface area contributed by atoms with Crippen molar-refractivity contribution in [1.29, 1.82) is 0 Å². The fraction of sp³-hybridized carbons (Fsp3) is 0.154. The van der Waals surface area contributed by atoms with Gasteiger partial charge in [0.25, 0.3) is 10.0 Å². The van der Waals surface area contributed by atoms with Crippen molar-refractivity contribution in [3.05, 3.63) is 101 Å². The van der Waals surface area contributed by atoms with Gasteiger partial charge in [0, 0.05) is 11.4 Å². The molecule has 2 N–H and O–H groups in total. The topological polar surface area (TPSA) is 95.6 Å². The van der Waals surface area contributed by atoms with Crippen LogP contribution >= 0.6 is 0 Å². The number of para-hydroxylation sites is 2. The van der Waals surface area contributed by atoms with Crippen LogP contribution in [0.2, 0.25) is 0 Å². The van der Waals surface area contributed by atoms with E-state index in [1.165, 1.54) is 0 Å². The van der Waals surface area contributed by atoms with E-state index in [1.807, 2.05) is 24.3 Å². The first-order valence-electron chi connectivity index (χ1n) is 10.7. The molecule has 3 aromatic rings. The number of rotatable bonds is 6. The molecule has 0 heterocycles. The van der Waals surface area contributed by atoms with Crippen molar-refractivity contribution < 1.29 is 18.0 Å². The molecule has 3 rings (SSSR count). The second-order valence-corrected chi connectivity index (χ2v) is 9.61. The highest BCUT2D eigenvalue weighted by atomic mass is 32.2. The highest BCUT2D eigenvalue weighted by Gasteiger charge is 2.33. The first-order chi connectivity index (χ1) is 16.2. The molecule has 0 aliphatic heterocycles. The van der Waals surface area contributed by atoms with E-state index in [0.717, 1.165) is 11.0 Å². The number of urea groups is 2. The number of nitrogens with zero attached hydrogens (tertiary/aromatic N) is 1. The third kappa shape index (κ3) is 6.32. The van der Waals surface area contributed by atoms with Crippen LogP contribution in [0.1, 0.15) is 37.8 Å². The molecule has 0 atom stereocenters. The Labute approximate surface area is 200 Å². The summed E-state index contributed by atoms with van der Waals surface area (Å²) in [6.07, 6.45) is 0.